The monoisotopic (exact) mass is 437 g/mol. The van der Waals surface area contributed by atoms with Gasteiger partial charge in [-0.05, 0) is 48.5 Å². The van der Waals surface area contributed by atoms with Crippen molar-refractivity contribution >= 4 is 45.5 Å². The van der Waals surface area contributed by atoms with Crippen LogP contribution >= 0.6 is 11.8 Å². The molecular formula is C27H23N3OS. The summed E-state index contributed by atoms with van der Waals surface area (Å²) < 4.78 is 2.09. The van der Waals surface area contributed by atoms with Crippen molar-refractivity contribution in [1.29, 1.82) is 0 Å². The molecule has 32 heavy (non-hydrogen) atoms. The summed E-state index contributed by atoms with van der Waals surface area (Å²) in [6.45, 7) is 2.54. The van der Waals surface area contributed by atoms with Crippen LogP contribution in [0.5, 0.6) is 0 Å². The number of carbonyl (C=O) groups excluding carboxylic acids is 1. The second kappa shape index (κ2) is 8.52. The fraction of sp³-hybridized carbons (Fsp3) is 0.111. The summed E-state index contributed by atoms with van der Waals surface area (Å²) in [5, 5.41) is 1.84. The third-order valence-corrected chi connectivity index (χ3v) is 6.55. The number of thioether (sulfide) groups is 1. The Morgan fingerprint density at radius 2 is 1.66 bits per heavy atom. The number of aryl methyl sites for hydroxylation is 2. The molecule has 0 N–H and O–H groups in total. The van der Waals surface area contributed by atoms with Crippen LogP contribution in [0, 0.1) is 6.92 Å². The van der Waals surface area contributed by atoms with Gasteiger partial charge in [-0.2, -0.15) is 0 Å². The lowest BCUT2D eigenvalue weighted by Gasteiger charge is -2.15. The maximum Gasteiger partial charge on any atom is 0.267 e. The van der Waals surface area contributed by atoms with Gasteiger partial charge in [-0.1, -0.05) is 66.2 Å². The second-order valence-corrected chi connectivity index (χ2v) is 8.94. The number of amides is 1. The average Bonchev–Trinajstić information content (AvgIpc) is 3.28. The zero-order valence-electron chi connectivity index (χ0n) is 18.0. The number of fused-ring (bicyclic) bond motifs is 1. The number of aromatic nitrogens is 1. The molecule has 158 valence electrons. The molecule has 1 aliphatic heterocycles. The first kappa shape index (κ1) is 20.3. The van der Waals surface area contributed by atoms with E-state index in [0.29, 0.717) is 16.6 Å². The Morgan fingerprint density at radius 1 is 0.938 bits per heavy atom. The SMILES string of the molecule is Cc1ccc(N=C2S/C(=C/c3cn(C)c4ccccc34)C(=O)N2Cc2ccccc2)cc1. The summed E-state index contributed by atoms with van der Waals surface area (Å²) >= 11 is 1.44. The quantitative estimate of drug-likeness (QED) is 0.352. The number of nitrogens with zero attached hydrogens (tertiary/aromatic N) is 3. The minimum absolute atomic E-state index is 0.0161. The highest BCUT2D eigenvalue weighted by Gasteiger charge is 2.33. The van der Waals surface area contributed by atoms with E-state index in [9.17, 15) is 4.79 Å². The first-order valence-electron chi connectivity index (χ1n) is 10.5. The standard InChI is InChI=1S/C27H23N3OS/c1-19-12-14-22(15-13-19)28-27-30(17-20-8-4-3-5-9-20)26(31)25(32-27)16-21-18-29(2)24-11-7-6-10-23(21)24/h3-16,18H,17H2,1-2H3/b25-16+,28-27?. The van der Waals surface area contributed by atoms with Gasteiger partial charge in [0.15, 0.2) is 5.17 Å². The van der Waals surface area contributed by atoms with Gasteiger partial charge in [-0.25, -0.2) is 4.99 Å². The van der Waals surface area contributed by atoms with E-state index in [1.807, 2.05) is 79.9 Å². The van der Waals surface area contributed by atoms with Gasteiger partial charge < -0.3 is 4.57 Å². The van der Waals surface area contributed by atoms with Gasteiger partial charge in [0.25, 0.3) is 5.91 Å². The Morgan fingerprint density at radius 3 is 2.44 bits per heavy atom. The second-order valence-electron chi connectivity index (χ2n) is 7.93. The highest BCUT2D eigenvalue weighted by molar-refractivity contribution is 8.18. The lowest BCUT2D eigenvalue weighted by atomic mass is 10.1. The molecule has 1 amide bonds. The third-order valence-electron chi connectivity index (χ3n) is 5.54. The summed E-state index contributed by atoms with van der Waals surface area (Å²) in [4.78, 5) is 20.7. The molecule has 1 fully saturated rings. The Labute approximate surface area is 191 Å². The number of carbonyl (C=O) groups is 1. The number of rotatable bonds is 4. The van der Waals surface area contributed by atoms with Crippen LogP contribution in [-0.2, 0) is 18.4 Å². The van der Waals surface area contributed by atoms with Crippen LogP contribution in [0.3, 0.4) is 0 Å². The van der Waals surface area contributed by atoms with E-state index in [0.717, 1.165) is 27.7 Å². The number of hydrogen-bond acceptors (Lipinski definition) is 3. The Hall–Kier alpha value is -3.57. The van der Waals surface area contributed by atoms with Crippen LogP contribution in [0.1, 0.15) is 16.7 Å². The molecular weight excluding hydrogens is 414 g/mol. The molecule has 4 nitrogen and oxygen atoms in total. The largest absolute Gasteiger partial charge is 0.350 e. The van der Waals surface area contributed by atoms with Crippen molar-refractivity contribution in [2.45, 2.75) is 13.5 Å². The first-order valence-corrected chi connectivity index (χ1v) is 11.3. The van der Waals surface area contributed by atoms with Gasteiger partial charge >= 0.3 is 0 Å². The van der Waals surface area contributed by atoms with Gasteiger partial charge in [-0.3, -0.25) is 9.69 Å². The molecule has 4 aromatic rings. The molecule has 1 aliphatic rings. The summed E-state index contributed by atoms with van der Waals surface area (Å²) in [5.74, 6) is -0.0161. The zero-order chi connectivity index (χ0) is 22.1. The smallest absolute Gasteiger partial charge is 0.267 e. The average molecular weight is 438 g/mol. The fourth-order valence-electron chi connectivity index (χ4n) is 3.86. The fourth-order valence-corrected chi connectivity index (χ4v) is 4.84. The summed E-state index contributed by atoms with van der Waals surface area (Å²) in [6.07, 6.45) is 4.06. The summed E-state index contributed by atoms with van der Waals surface area (Å²) in [5.41, 5.74) is 5.28. The predicted octanol–water partition coefficient (Wildman–Crippen LogP) is 6.29. The number of aliphatic imine (C=N–C) groups is 1. The third kappa shape index (κ3) is 3.99. The Bertz CT molecular complexity index is 1350. The Kier molecular flexibility index (Phi) is 5.41. The molecule has 3 aromatic carbocycles. The van der Waals surface area contributed by atoms with Gasteiger partial charge in [0.05, 0.1) is 17.1 Å². The normalized spacial score (nSPS) is 16.6. The zero-order valence-corrected chi connectivity index (χ0v) is 18.8. The number of benzene rings is 3. The molecule has 5 rings (SSSR count). The maximum absolute atomic E-state index is 13.5. The van der Waals surface area contributed by atoms with Crippen LogP contribution < -0.4 is 0 Å². The van der Waals surface area contributed by atoms with Crippen molar-refractivity contribution < 1.29 is 4.79 Å². The van der Waals surface area contributed by atoms with Crippen molar-refractivity contribution in [3.63, 3.8) is 0 Å². The molecule has 0 unspecified atom stereocenters. The summed E-state index contributed by atoms with van der Waals surface area (Å²) in [6, 6.07) is 26.3. The number of para-hydroxylation sites is 1. The van der Waals surface area contributed by atoms with Crippen LogP contribution in [-0.4, -0.2) is 20.5 Å². The maximum atomic E-state index is 13.5. The molecule has 1 saturated heterocycles. The molecule has 2 heterocycles. The van der Waals surface area contributed by atoms with Crippen molar-refractivity contribution in [1.82, 2.24) is 9.47 Å². The molecule has 5 heteroatoms. The molecule has 0 aliphatic carbocycles. The number of amidine groups is 1. The van der Waals surface area contributed by atoms with Crippen molar-refractivity contribution in [3.05, 3.63) is 107 Å². The minimum Gasteiger partial charge on any atom is -0.350 e. The molecule has 0 atom stereocenters. The Balaban J connectivity index is 1.55. The molecule has 0 bridgehead atoms. The van der Waals surface area contributed by atoms with E-state index in [2.05, 4.69) is 29.8 Å². The van der Waals surface area contributed by atoms with Crippen LogP contribution in [0.4, 0.5) is 5.69 Å². The lowest BCUT2D eigenvalue weighted by molar-refractivity contribution is -0.122. The van der Waals surface area contributed by atoms with E-state index in [4.69, 9.17) is 4.99 Å². The molecule has 0 radical (unpaired) electrons. The molecule has 0 saturated carbocycles. The van der Waals surface area contributed by atoms with E-state index in [-0.39, 0.29) is 5.91 Å². The van der Waals surface area contributed by atoms with Crippen molar-refractivity contribution in [2.24, 2.45) is 12.0 Å². The van der Waals surface area contributed by atoms with Gasteiger partial charge in [0, 0.05) is 29.7 Å². The van der Waals surface area contributed by atoms with Gasteiger partial charge in [-0.15, -0.1) is 0 Å². The van der Waals surface area contributed by atoms with Gasteiger partial charge in [0.1, 0.15) is 0 Å². The van der Waals surface area contributed by atoms with Crippen LogP contribution in [0.15, 0.2) is 95.0 Å². The van der Waals surface area contributed by atoms with E-state index < -0.39 is 0 Å². The van der Waals surface area contributed by atoms with E-state index in [1.165, 1.54) is 17.3 Å². The highest BCUT2D eigenvalue weighted by Crippen LogP contribution is 2.36. The van der Waals surface area contributed by atoms with Crippen molar-refractivity contribution in [3.8, 4) is 0 Å². The first-order chi connectivity index (χ1) is 15.6. The summed E-state index contributed by atoms with van der Waals surface area (Å²) in [7, 11) is 2.03. The van der Waals surface area contributed by atoms with Crippen LogP contribution in [0.2, 0.25) is 0 Å². The topological polar surface area (TPSA) is 37.6 Å². The molecule has 0 spiro atoms. The predicted molar refractivity (Wildman–Crippen MR) is 134 cm³/mol. The van der Waals surface area contributed by atoms with Gasteiger partial charge in [0.2, 0.25) is 0 Å². The molecule has 1 aromatic heterocycles. The minimum atomic E-state index is -0.0161. The van der Waals surface area contributed by atoms with Crippen molar-refractivity contribution in [2.75, 3.05) is 0 Å². The lowest BCUT2D eigenvalue weighted by Crippen LogP contribution is -2.28. The highest BCUT2D eigenvalue weighted by atomic mass is 32.2. The number of hydrogen-bond donors (Lipinski definition) is 0. The van der Waals surface area contributed by atoms with E-state index in [1.54, 1.807) is 4.90 Å². The van der Waals surface area contributed by atoms with E-state index >= 15 is 0 Å². The van der Waals surface area contributed by atoms with Crippen LogP contribution in [0.25, 0.3) is 17.0 Å².